The SMILES string of the molecule is COC(=O)c1ccc2c(=O)n(C[C@H]3CCCO3)c(SCC(=O)N3CCN(c4ccccc4OC)CC3)nc2c1. The van der Waals surface area contributed by atoms with Crippen LogP contribution in [0.15, 0.2) is 52.4 Å². The van der Waals surface area contributed by atoms with Crippen LogP contribution in [0.5, 0.6) is 5.75 Å². The number of fused-ring (bicyclic) bond motifs is 1. The number of rotatable bonds is 8. The number of anilines is 1. The van der Waals surface area contributed by atoms with Crippen molar-refractivity contribution in [2.75, 3.05) is 57.7 Å². The molecule has 2 aromatic carbocycles. The summed E-state index contributed by atoms with van der Waals surface area (Å²) in [5.41, 5.74) is 1.51. The lowest BCUT2D eigenvalue weighted by Gasteiger charge is -2.36. The zero-order chi connectivity index (χ0) is 27.4. The molecule has 206 valence electrons. The molecular formula is C28H32N4O6S. The number of para-hydroxylation sites is 2. The molecule has 0 radical (unpaired) electrons. The summed E-state index contributed by atoms with van der Waals surface area (Å²) in [5, 5.41) is 0.842. The highest BCUT2D eigenvalue weighted by molar-refractivity contribution is 7.99. The van der Waals surface area contributed by atoms with E-state index in [0.29, 0.717) is 61.0 Å². The summed E-state index contributed by atoms with van der Waals surface area (Å²) < 4.78 is 17.7. The van der Waals surface area contributed by atoms with E-state index < -0.39 is 5.97 Å². The first-order valence-electron chi connectivity index (χ1n) is 13.0. The Morgan fingerprint density at radius 1 is 1.10 bits per heavy atom. The third-order valence-electron chi connectivity index (χ3n) is 7.13. The van der Waals surface area contributed by atoms with Crippen molar-refractivity contribution in [1.29, 1.82) is 0 Å². The number of benzene rings is 2. The molecule has 0 aliphatic carbocycles. The van der Waals surface area contributed by atoms with Gasteiger partial charge in [0, 0.05) is 32.8 Å². The number of carbonyl (C=O) groups is 2. The molecule has 2 fully saturated rings. The van der Waals surface area contributed by atoms with E-state index in [9.17, 15) is 14.4 Å². The maximum Gasteiger partial charge on any atom is 0.337 e. The fourth-order valence-corrected chi connectivity index (χ4v) is 5.93. The number of piperazine rings is 1. The molecule has 10 nitrogen and oxygen atoms in total. The highest BCUT2D eigenvalue weighted by Crippen LogP contribution is 2.29. The average Bonchev–Trinajstić information content (AvgIpc) is 3.50. The number of amides is 1. The summed E-state index contributed by atoms with van der Waals surface area (Å²) in [4.78, 5) is 47.5. The van der Waals surface area contributed by atoms with Gasteiger partial charge in [0.2, 0.25) is 5.91 Å². The maximum absolute atomic E-state index is 13.5. The summed E-state index contributed by atoms with van der Waals surface area (Å²) >= 11 is 1.24. The van der Waals surface area contributed by atoms with E-state index in [1.807, 2.05) is 29.2 Å². The lowest BCUT2D eigenvalue weighted by molar-refractivity contribution is -0.128. The third-order valence-corrected chi connectivity index (χ3v) is 8.10. The van der Waals surface area contributed by atoms with Crippen molar-refractivity contribution in [2.45, 2.75) is 30.6 Å². The largest absolute Gasteiger partial charge is 0.495 e. The number of hydrogen-bond donors (Lipinski definition) is 0. The highest BCUT2D eigenvalue weighted by Gasteiger charge is 2.25. The van der Waals surface area contributed by atoms with E-state index in [2.05, 4.69) is 4.90 Å². The number of esters is 1. The van der Waals surface area contributed by atoms with Gasteiger partial charge in [-0.05, 0) is 43.2 Å². The van der Waals surface area contributed by atoms with Gasteiger partial charge >= 0.3 is 5.97 Å². The second kappa shape index (κ2) is 12.1. The number of methoxy groups -OCH3 is 2. The number of aromatic nitrogens is 2. The van der Waals surface area contributed by atoms with Crippen LogP contribution in [0.25, 0.3) is 10.9 Å². The standard InChI is InChI=1S/C28H32N4O6S/c1-36-24-8-4-3-7-23(24)30-11-13-31(14-12-30)25(33)18-39-28-29-22-16-19(27(35)37-2)9-10-21(22)26(34)32(28)17-20-6-5-15-38-20/h3-4,7-10,16,20H,5-6,11-15,17-18H2,1-2H3/t20-/m1/s1. The fraction of sp³-hybridized carbons (Fsp3) is 0.429. The quantitative estimate of drug-likeness (QED) is 0.237. The van der Waals surface area contributed by atoms with Crippen molar-refractivity contribution in [3.8, 4) is 5.75 Å². The minimum atomic E-state index is -0.501. The zero-order valence-corrected chi connectivity index (χ0v) is 22.9. The molecular weight excluding hydrogens is 520 g/mol. The van der Waals surface area contributed by atoms with Crippen LogP contribution >= 0.6 is 11.8 Å². The molecule has 2 saturated heterocycles. The van der Waals surface area contributed by atoms with Crippen molar-refractivity contribution in [3.63, 3.8) is 0 Å². The van der Waals surface area contributed by atoms with E-state index >= 15 is 0 Å². The minimum absolute atomic E-state index is 0.0130. The van der Waals surface area contributed by atoms with Gasteiger partial charge in [0.1, 0.15) is 5.75 Å². The Hall–Kier alpha value is -3.57. The monoisotopic (exact) mass is 552 g/mol. The van der Waals surface area contributed by atoms with Crippen LogP contribution in [0, 0.1) is 0 Å². The van der Waals surface area contributed by atoms with Gasteiger partial charge in [-0.1, -0.05) is 23.9 Å². The molecule has 3 aromatic rings. The van der Waals surface area contributed by atoms with Crippen molar-refractivity contribution in [3.05, 3.63) is 58.4 Å². The molecule has 0 unspecified atom stereocenters. The van der Waals surface area contributed by atoms with E-state index in [-0.39, 0.29) is 23.3 Å². The minimum Gasteiger partial charge on any atom is -0.495 e. The molecule has 1 amide bonds. The Kier molecular flexibility index (Phi) is 8.37. The van der Waals surface area contributed by atoms with Gasteiger partial charge in [0.15, 0.2) is 5.16 Å². The predicted molar refractivity (Wildman–Crippen MR) is 149 cm³/mol. The van der Waals surface area contributed by atoms with Crippen LogP contribution in [0.3, 0.4) is 0 Å². The van der Waals surface area contributed by atoms with Gasteiger partial charge in [0.25, 0.3) is 5.56 Å². The van der Waals surface area contributed by atoms with Crippen LogP contribution < -0.4 is 15.2 Å². The molecule has 1 aromatic heterocycles. The first kappa shape index (κ1) is 27.0. The van der Waals surface area contributed by atoms with Crippen molar-refractivity contribution in [1.82, 2.24) is 14.5 Å². The van der Waals surface area contributed by atoms with E-state index in [0.717, 1.165) is 24.3 Å². The lowest BCUT2D eigenvalue weighted by atomic mass is 10.1. The Balaban J connectivity index is 1.32. The van der Waals surface area contributed by atoms with Gasteiger partial charge in [0.05, 0.1) is 54.8 Å². The fourth-order valence-electron chi connectivity index (χ4n) is 5.01. The number of ether oxygens (including phenoxy) is 3. The van der Waals surface area contributed by atoms with Gasteiger partial charge < -0.3 is 24.0 Å². The molecule has 0 spiro atoms. The van der Waals surface area contributed by atoms with E-state index in [1.165, 1.54) is 18.9 Å². The second-order valence-electron chi connectivity index (χ2n) is 9.50. The van der Waals surface area contributed by atoms with Crippen LogP contribution in [0.1, 0.15) is 23.2 Å². The van der Waals surface area contributed by atoms with Gasteiger partial charge in [-0.25, -0.2) is 9.78 Å². The molecule has 2 aliphatic rings. The summed E-state index contributed by atoms with van der Waals surface area (Å²) in [6, 6.07) is 12.6. The van der Waals surface area contributed by atoms with Crippen LogP contribution in [0.2, 0.25) is 0 Å². The van der Waals surface area contributed by atoms with E-state index in [1.54, 1.807) is 29.9 Å². The van der Waals surface area contributed by atoms with Crippen molar-refractivity contribution < 1.29 is 23.8 Å². The smallest absolute Gasteiger partial charge is 0.337 e. The number of thioether (sulfide) groups is 1. The summed E-state index contributed by atoms with van der Waals surface area (Å²) in [7, 11) is 2.97. The molecule has 11 heteroatoms. The molecule has 0 saturated carbocycles. The first-order valence-corrected chi connectivity index (χ1v) is 14.0. The highest BCUT2D eigenvalue weighted by atomic mass is 32.2. The summed E-state index contributed by atoms with van der Waals surface area (Å²) in [6.07, 6.45) is 1.74. The Labute approximate surface area is 230 Å². The van der Waals surface area contributed by atoms with Crippen LogP contribution in [-0.4, -0.2) is 85.2 Å². The zero-order valence-electron chi connectivity index (χ0n) is 22.1. The van der Waals surface area contributed by atoms with Crippen LogP contribution in [0.4, 0.5) is 5.69 Å². The first-order chi connectivity index (χ1) is 19.0. The Bertz CT molecular complexity index is 1410. The molecule has 3 heterocycles. The molecule has 39 heavy (non-hydrogen) atoms. The Morgan fingerprint density at radius 2 is 1.90 bits per heavy atom. The number of hydrogen-bond acceptors (Lipinski definition) is 9. The maximum atomic E-state index is 13.5. The second-order valence-corrected chi connectivity index (χ2v) is 10.4. The normalized spacial score (nSPS) is 17.4. The van der Waals surface area contributed by atoms with Gasteiger partial charge in [-0.15, -0.1) is 0 Å². The van der Waals surface area contributed by atoms with Crippen molar-refractivity contribution >= 4 is 40.2 Å². The molecule has 2 aliphatic heterocycles. The average molecular weight is 553 g/mol. The Morgan fingerprint density at radius 3 is 2.62 bits per heavy atom. The van der Waals surface area contributed by atoms with Crippen molar-refractivity contribution in [2.24, 2.45) is 0 Å². The van der Waals surface area contributed by atoms with Gasteiger partial charge in [-0.2, -0.15) is 0 Å². The predicted octanol–water partition coefficient (Wildman–Crippen LogP) is 2.81. The van der Waals surface area contributed by atoms with E-state index in [4.69, 9.17) is 19.2 Å². The number of carbonyl (C=O) groups excluding carboxylic acids is 2. The lowest BCUT2D eigenvalue weighted by Crippen LogP contribution is -2.49. The molecule has 5 rings (SSSR count). The topological polar surface area (TPSA) is 103 Å². The third kappa shape index (κ3) is 5.89. The summed E-state index contributed by atoms with van der Waals surface area (Å²) in [6.45, 7) is 3.62. The molecule has 1 atom stereocenters. The van der Waals surface area contributed by atoms with Gasteiger partial charge in [-0.3, -0.25) is 14.2 Å². The molecule has 0 N–H and O–H groups in total. The molecule has 0 bridgehead atoms. The number of nitrogens with zero attached hydrogens (tertiary/aromatic N) is 4. The van der Waals surface area contributed by atoms with Crippen LogP contribution in [-0.2, 0) is 20.8 Å². The summed E-state index contributed by atoms with van der Waals surface area (Å²) in [5.74, 6) is 0.448.